The third kappa shape index (κ3) is 5.01. The molecule has 0 radical (unpaired) electrons. The molecule has 8 heteroatoms. The second-order valence-electron chi connectivity index (χ2n) is 6.57. The minimum atomic E-state index is -0.575. The van der Waals surface area contributed by atoms with Gasteiger partial charge in [-0.15, -0.1) is 0 Å². The van der Waals surface area contributed by atoms with E-state index < -0.39 is 17.8 Å². The fraction of sp³-hybridized carbons (Fsp3) is 0.350. The van der Waals surface area contributed by atoms with E-state index in [1.165, 1.54) is 6.26 Å². The Kier molecular flexibility index (Phi) is 6.51. The number of hydrogen-bond donors (Lipinski definition) is 1. The van der Waals surface area contributed by atoms with Crippen LogP contribution >= 0.6 is 15.9 Å². The van der Waals surface area contributed by atoms with Crippen LogP contribution in [-0.4, -0.2) is 35.8 Å². The Morgan fingerprint density at radius 3 is 2.89 bits per heavy atom. The normalized spacial score (nSPS) is 16.3. The first-order valence-electron chi connectivity index (χ1n) is 9.01. The molecule has 0 bridgehead atoms. The van der Waals surface area contributed by atoms with Crippen molar-refractivity contribution < 1.29 is 23.5 Å². The molecule has 2 aromatic rings. The first-order chi connectivity index (χ1) is 13.5. The standard InChI is InChI=1S/C20H21BrN2O5/c1-2-13-8-15(21)5-6-17(13)22-18(24)12-28-20(26)14-9-19(25)23(10-14)11-16-4-3-7-27-16/h3-8,14H,2,9-12H2,1H3,(H,22,24)/t14-/m0/s1. The van der Waals surface area contributed by atoms with Gasteiger partial charge in [-0.25, -0.2) is 0 Å². The molecular weight excluding hydrogens is 428 g/mol. The second-order valence-corrected chi connectivity index (χ2v) is 7.48. The largest absolute Gasteiger partial charge is 0.467 e. The van der Waals surface area contributed by atoms with Gasteiger partial charge in [0.2, 0.25) is 5.91 Å². The Labute approximate surface area is 171 Å². The molecular formula is C20H21BrN2O5. The number of carbonyl (C=O) groups is 3. The van der Waals surface area contributed by atoms with Gasteiger partial charge in [0.15, 0.2) is 6.61 Å². The number of nitrogens with zero attached hydrogens (tertiary/aromatic N) is 1. The van der Waals surface area contributed by atoms with Crippen molar-refractivity contribution in [1.82, 2.24) is 4.90 Å². The second kappa shape index (κ2) is 9.05. The highest BCUT2D eigenvalue weighted by Crippen LogP contribution is 2.23. The van der Waals surface area contributed by atoms with E-state index in [4.69, 9.17) is 9.15 Å². The number of ether oxygens (including phenoxy) is 1. The van der Waals surface area contributed by atoms with Gasteiger partial charge in [-0.3, -0.25) is 14.4 Å². The highest BCUT2D eigenvalue weighted by molar-refractivity contribution is 9.10. The Bertz CT molecular complexity index is 865. The summed E-state index contributed by atoms with van der Waals surface area (Å²) in [6.07, 6.45) is 2.37. The van der Waals surface area contributed by atoms with Crippen LogP contribution in [-0.2, 0) is 32.1 Å². The Hall–Kier alpha value is -2.61. The van der Waals surface area contributed by atoms with Crippen LogP contribution in [0.25, 0.3) is 0 Å². The van der Waals surface area contributed by atoms with E-state index in [0.717, 1.165) is 16.5 Å². The number of halogens is 1. The number of likely N-dealkylation sites (tertiary alicyclic amines) is 1. The van der Waals surface area contributed by atoms with Gasteiger partial charge < -0.3 is 19.4 Å². The predicted molar refractivity (Wildman–Crippen MR) is 105 cm³/mol. The molecule has 28 heavy (non-hydrogen) atoms. The summed E-state index contributed by atoms with van der Waals surface area (Å²) in [5.41, 5.74) is 1.66. The van der Waals surface area contributed by atoms with Crippen molar-refractivity contribution in [2.75, 3.05) is 18.5 Å². The first kappa shape index (κ1) is 20.1. The Morgan fingerprint density at radius 1 is 1.36 bits per heavy atom. The molecule has 0 unspecified atom stereocenters. The van der Waals surface area contributed by atoms with Crippen LogP contribution in [0.4, 0.5) is 5.69 Å². The number of aryl methyl sites for hydroxylation is 1. The minimum Gasteiger partial charge on any atom is -0.467 e. The molecule has 1 aromatic carbocycles. The molecule has 2 amide bonds. The third-order valence-electron chi connectivity index (χ3n) is 4.54. The summed E-state index contributed by atoms with van der Waals surface area (Å²) >= 11 is 3.40. The maximum absolute atomic E-state index is 12.3. The molecule has 1 N–H and O–H groups in total. The number of anilines is 1. The van der Waals surface area contributed by atoms with Crippen LogP contribution in [0.3, 0.4) is 0 Å². The Balaban J connectivity index is 1.49. The van der Waals surface area contributed by atoms with Gasteiger partial charge in [0.25, 0.3) is 5.91 Å². The monoisotopic (exact) mass is 448 g/mol. The summed E-state index contributed by atoms with van der Waals surface area (Å²) < 4.78 is 11.3. The van der Waals surface area contributed by atoms with E-state index in [-0.39, 0.29) is 25.5 Å². The zero-order valence-corrected chi connectivity index (χ0v) is 17.0. The number of furan rings is 1. The van der Waals surface area contributed by atoms with Gasteiger partial charge in [-0.05, 0) is 42.3 Å². The van der Waals surface area contributed by atoms with Crippen molar-refractivity contribution in [3.05, 3.63) is 52.4 Å². The molecule has 1 aromatic heterocycles. The van der Waals surface area contributed by atoms with Gasteiger partial charge in [0.1, 0.15) is 5.76 Å². The van der Waals surface area contributed by atoms with E-state index in [1.54, 1.807) is 23.1 Å². The number of benzene rings is 1. The molecule has 1 atom stereocenters. The number of carbonyl (C=O) groups excluding carboxylic acids is 3. The minimum absolute atomic E-state index is 0.0772. The lowest BCUT2D eigenvalue weighted by atomic mass is 10.1. The van der Waals surface area contributed by atoms with Gasteiger partial charge >= 0.3 is 5.97 Å². The zero-order chi connectivity index (χ0) is 20.1. The maximum Gasteiger partial charge on any atom is 0.311 e. The van der Waals surface area contributed by atoms with Crippen molar-refractivity contribution >= 4 is 39.4 Å². The van der Waals surface area contributed by atoms with Crippen molar-refractivity contribution in [2.45, 2.75) is 26.3 Å². The smallest absolute Gasteiger partial charge is 0.311 e. The molecule has 0 spiro atoms. The lowest BCUT2D eigenvalue weighted by Crippen LogP contribution is -2.28. The molecule has 1 fully saturated rings. The number of amides is 2. The summed E-state index contributed by atoms with van der Waals surface area (Å²) in [7, 11) is 0. The average molecular weight is 449 g/mol. The van der Waals surface area contributed by atoms with E-state index in [9.17, 15) is 14.4 Å². The number of nitrogens with one attached hydrogen (secondary N) is 1. The van der Waals surface area contributed by atoms with Gasteiger partial charge in [0, 0.05) is 23.1 Å². The molecule has 3 rings (SSSR count). The highest BCUT2D eigenvalue weighted by atomic mass is 79.9. The van der Waals surface area contributed by atoms with Crippen molar-refractivity contribution in [3.8, 4) is 0 Å². The summed E-state index contributed by atoms with van der Waals surface area (Å²) in [4.78, 5) is 38.0. The van der Waals surface area contributed by atoms with Crippen LogP contribution in [0.2, 0.25) is 0 Å². The van der Waals surface area contributed by atoms with E-state index in [1.807, 2.05) is 19.1 Å². The zero-order valence-electron chi connectivity index (χ0n) is 15.4. The first-order valence-corrected chi connectivity index (χ1v) is 9.80. The Morgan fingerprint density at radius 2 is 2.18 bits per heavy atom. The van der Waals surface area contributed by atoms with Gasteiger partial charge in [-0.2, -0.15) is 0 Å². The van der Waals surface area contributed by atoms with Crippen molar-refractivity contribution in [2.24, 2.45) is 5.92 Å². The van der Waals surface area contributed by atoms with E-state index in [0.29, 0.717) is 18.0 Å². The number of esters is 1. The topological polar surface area (TPSA) is 88.8 Å². The molecule has 7 nitrogen and oxygen atoms in total. The predicted octanol–water partition coefficient (Wildman–Crippen LogP) is 3.13. The van der Waals surface area contributed by atoms with E-state index in [2.05, 4.69) is 21.2 Å². The summed E-state index contributed by atoms with van der Waals surface area (Å²) in [5, 5.41) is 2.76. The maximum atomic E-state index is 12.3. The highest BCUT2D eigenvalue weighted by Gasteiger charge is 2.35. The van der Waals surface area contributed by atoms with E-state index >= 15 is 0 Å². The SMILES string of the molecule is CCc1cc(Br)ccc1NC(=O)COC(=O)[C@H]1CC(=O)N(Cc2ccco2)C1. The van der Waals surface area contributed by atoms with Crippen LogP contribution in [0.1, 0.15) is 24.7 Å². The third-order valence-corrected chi connectivity index (χ3v) is 5.04. The molecule has 0 saturated carbocycles. The van der Waals surface area contributed by atoms with Crippen LogP contribution in [0.15, 0.2) is 45.5 Å². The lowest BCUT2D eigenvalue weighted by molar-refractivity contribution is -0.151. The summed E-state index contributed by atoms with van der Waals surface area (Å²) in [6, 6.07) is 9.08. The molecule has 0 aliphatic carbocycles. The quantitative estimate of drug-likeness (QED) is 0.657. The van der Waals surface area contributed by atoms with Crippen molar-refractivity contribution in [1.29, 1.82) is 0 Å². The van der Waals surface area contributed by atoms with Gasteiger partial charge in [0.05, 0.1) is 18.7 Å². The van der Waals surface area contributed by atoms with Crippen LogP contribution in [0, 0.1) is 5.92 Å². The summed E-state index contributed by atoms with van der Waals surface area (Å²) in [6.45, 7) is 2.18. The molecule has 2 heterocycles. The molecule has 148 valence electrons. The fourth-order valence-corrected chi connectivity index (χ4v) is 3.50. The molecule has 1 aliphatic heterocycles. The molecule has 1 aliphatic rings. The average Bonchev–Trinajstić information content (AvgIpc) is 3.31. The fourth-order valence-electron chi connectivity index (χ4n) is 3.09. The van der Waals surface area contributed by atoms with Gasteiger partial charge in [-0.1, -0.05) is 22.9 Å². The lowest BCUT2D eigenvalue weighted by Gasteiger charge is -2.15. The van der Waals surface area contributed by atoms with Crippen molar-refractivity contribution in [3.63, 3.8) is 0 Å². The number of hydrogen-bond acceptors (Lipinski definition) is 5. The molecule has 1 saturated heterocycles. The summed E-state index contributed by atoms with van der Waals surface area (Å²) in [5.74, 6) is -1.01. The number of rotatable bonds is 7. The van der Waals surface area contributed by atoms with Crippen LogP contribution < -0.4 is 5.32 Å². The van der Waals surface area contributed by atoms with Crippen LogP contribution in [0.5, 0.6) is 0 Å².